The van der Waals surface area contributed by atoms with Crippen LogP contribution in [0.4, 0.5) is 4.79 Å². The molecule has 0 bridgehead atoms. The van der Waals surface area contributed by atoms with E-state index < -0.39 is 0 Å². The SMILES string of the molecule is COC(=O)CCCN1CCN(CC2CN(CCCCC3CCN(C4CC4)CC3)C(=O)O2)CC1. The molecule has 3 aliphatic heterocycles. The molecule has 8 nitrogen and oxygen atoms in total. The molecule has 33 heavy (non-hydrogen) atoms. The number of nitrogens with zero attached hydrogens (tertiary/aromatic N) is 4. The molecule has 0 radical (unpaired) electrons. The minimum absolute atomic E-state index is 0.00451. The first-order valence-corrected chi connectivity index (χ1v) is 13.3. The number of methoxy groups -OCH3 is 1. The van der Waals surface area contributed by atoms with Gasteiger partial charge in [-0.3, -0.25) is 9.69 Å². The molecule has 8 heteroatoms. The first kappa shape index (κ1) is 24.7. The van der Waals surface area contributed by atoms with Crippen LogP contribution in [0.15, 0.2) is 0 Å². The second-order valence-electron chi connectivity index (χ2n) is 10.5. The topological polar surface area (TPSA) is 65.6 Å². The molecule has 3 saturated heterocycles. The van der Waals surface area contributed by atoms with Gasteiger partial charge in [-0.05, 0) is 64.1 Å². The number of esters is 1. The lowest BCUT2D eigenvalue weighted by atomic mass is 9.91. The maximum absolute atomic E-state index is 12.3. The summed E-state index contributed by atoms with van der Waals surface area (Å²) >= 11 is 0. The summed E-state index contributed by atoms with van der Waals surface area (Å²) in [5.74, 6) is 0.757. The average molecular weight is 465 g/mol. The van der Waals surface area contributed by atoms with Gasteiger partial charge >= 0.3 is 12.1 Å². The number of hydrogen-bond acceptors (Lipinski definition) is 7. The fourth-order valence-electron chi connectivity index (χ4n) is 5.67. The van der Waals surface area contributed by atoms with E-state index in [2.05, 4.69) is 14.7 Å². The van der Waals surface area contributed by atoms with Gasteiger partial charge in [-0.25, -0.2) is 4.79 Å². The lowest BCUT2D eigenvalue weighted by Gasteiger charge is -2.35. The molecule has 0 aromatic carbocycles. The van der Waals surface area contributed by atoms with Crippen LogP contribution in [-0.4, -0.2) is 116 Å². The molecule has 1 atom stereocenters. The van der Waals surface area contributed by atoms with Crippen molar-refractivity contribution in [2.45, 2.75) is 69.9 Å². The van der Waals surface area contributed by atoms with Gasteiger partial charge in [-0.2, -0.15) is 0 Å². The highest BCUT2D eigenvalue weighted by atomic mass is 16.6. The Balaban J connectivity index is 1.04. The monoisotopic (exact) mass is 464 g/mol. The van der Waals surface area contributed by atoms with Gasteiger partial charge in [-0.1, -0.05) is 12.8 Å². The molecule has 1 aliphatic carbocycles. The van der Waals surface area contributed by atoms with Gasteiger partial charge in [0.05, 0.1) is 13.7 Å². The predicted molar refractivity (Wildman–Crippen MR) is 127 cm³/mol. The van der Waals surface area contributed by atoms with E-state index in [1.54, 1.807) is 0 Å². The van der Waals surface area contributed by atoms with Gasteiger partial charge in [0.15, 0.2) is 0 Å². The molecule has 3 heterocycles. The molecular formula is C25H44N4O4. The van der Waals surface area contributed by atoms with Crippen molar-refractivity contribution in [1.29, 1.82) is 0 Å². The molecule has 0 aromatic rings. The fraction of sp³-hybridized carbons (Fsp3) is 0.920. The number of unbranched alkanes of at least 4 members (excludes halogenated alkanes) is 1. The normalized spacial score (nSPS) is 26.0. The zero-order chi connectivity index (χ0) is 23.0. The summed E-state index contributed by atoms with van der Waals surface area (Å²) in [5, 5.41) is 0. The van der Waals surface area contributed by atoms with Crippen LogP contribution in [0.1, 0.15) is 57.8 Å². The molecule has 0 aromatic heterocycles. The summed E-state index contributed by atoms with van der Waals surface area (Å²) in [6.07, 6.45) is 10.4. The number of likely N-dealkylation sites (tertiary alicyclic amines) is 1. The lowest BCUT2D eigenvalue weighted by molar-refractivity contribution is -0.140. The number of carbonyl (C=O) groups is 2. The summed E-state index contributed by atoms with van der Waals surface area (Å²) in [4.78, 5) is 33.0. The molecule has 1 saturated carbocycles. The Kier molecular flexibility index (Phi) is 9.26. The van der Waals surface area contributed by atoms with Crippen molar-refractivity contribution in [3.63, 3.8) is 0 Å². The van der Waals surface area contributed by atoms with Crippen LogP contribution >= 0.6 is 0 Å². The Morgan fingerprint density at radius 1 is 0.939 bits per heavy atom. The van der Waals surface area contributed by atoms with Gasteiger partial charge in [0.25, 0.3) is 0 Å². The van der Waals surface area contributed by atoms with Crippen LogP contribution in [0.5, 0.6) is 0 Å². The Morgan fingerprint density at radius 3 is 2.36 bits per heavy atom. The molecular weight excluding hydrogens is 420 g/mol. The molecule has 4 rings (SSSR count). The number of piperidine rings is 1. The smallest absolute Gasteiger partial charge is 0.410 e. The van der Waals surface area contributed by atoms with Crippen LogP contribution in [0.25, 0.3) is 0 Å². The summed E-state index contributed by atoms with van der Waals surface area (Å²) < 4.78 is 10.4. The van der Waals surface area contributed by atoms with E-state index in [9.17, 15) is 9.59 Å². The molecule has 4 fully saturated rings. The fourth-order valence-corrected chi connectivity index (χ4v) is 5.67. The van der Waals surface area contributed by atoms with E-state index in [-0.39, 0.29) is 18.2 Å². The molecule has 1 amide bonds. The van der Waals surface area contributed by atoms with E-state index in [0.29, 0.717) is 6.42 Å². The van der Waals surface area contributed by atoms with Gasteiger partial charge in [-0.15, -0.1) is 0 Å². The van der Waals surface area contributed by atoms with Crippen molar-refractivity contribution in [2.24, 2.45) is 5.92 Å². The first-order valence-electron chi connectivity index (χ1n) is 13.3. The van der Waals surface area contributed by atoms with Crippen LogP contribution < -0.4 is 0 Å². The van der Waals surface area contributed by atoms with E-state index in [1.807, 2.05) is 4.90 Å². The molecule has 4 aliphatic rings. The van der Waals surface area contributed by atoms with Crippen molar-refractivity contribution < 1.29 is 19.1 Å². The Morgan fingerprint density at radius 2 is 1.67 bits per heavy atom. The second-order valence-corrected chi connectivity index (χ2v) is 10.5. The van der Waals surface area contributed by atoms with Crippen LogP contribution in [0.3, 0.4) is 0 Å². The number of amides is 1. The third-order valence-corrected chi connectivity index (χ3v) is 7.96. The van der Waals surface area contributed by atoms with Crippen molar-refractivity contribution in [3.8, 4) is 0 Å². The zero-order valence-corrected chi connectivity index (χ0v) is 20.6. The highest BCUT2D eigenvalue weighted by molar-refractivity contribution is 5.70. The zero-order valence-electron chi connectivity index (χ0n) is 20.6. The maximum atomic E-state index is 12.3. The highest BCUT2D eigenvalue weighted by Crippen LogP contribution is 2.32. The molecule has 0 N–H and O–H groups in total. The van der Waals surface area contributed by atoms with E-state index in [4.69, 9.17) is 9.47 Å². The Labute approximate surface area is 199 Å². The van der Waals surface area contributed by atoms with Crippen molar-refractivity contribution in [2.75, 3.05) is 72.6 Å². The Hall–Kier alpha value is -1.38. The summed E-state index contributed by atoms with van der Waals surface area (Å²) in [6, 6.07) is 0.919. The van der Waals surface area contributed by atoms with Gasteiger partial charge in [0, 0.05) is 51.7 Å². The maximum Gasteiger partial charge on any atom is 0.410 e. The summed E-state index contributed by atoms with van der Waals surface area (Å²) in [6.45, 7) is 9.94. The quantitative estimate of drug-likeness (QED) is 0.325. The third-order valence-electron chi connectivity index (χ3n) is 7.96. The van der Waals surface area contributed by atoms with E-state index in [1.165, 1.54) is 58.7 Å². The molecule has 0 spiro atoms. The highest BCUT2D eigenvalue weighted by Gasteiger charge is 2.33. The number of cyclic esters (lactones) is 1. The van der Waals surface area contributed by atoms with Crippen LogP contribution in [-0.2, 0) is 14.3 Å². The summed E-state index contributed by atoms with van der Waals surface area (Å²) in [7, 11) is 1.44. The predicted octanol–water partition coefficient (Wildman–Crippen LogP) is 2.42. The number of carbonyl (C=O) groups excluding carboxylic acids is 2. The van der Waals surface area contributed by atoms with Crippen molar-refractivity contribution in [3.05, 3.63) is 0 Å². The number of hydrogen-bond donors (Lipinski definition) is 0. The minimum Gasteiger partial charge on any atom is -0.469 e. The van der Waals surface area contributed by atoms with Crippen LogP contribution in [0.2, 0.25) is 0 Å². The van der Waals surface area contributed by atoms with Crippen molar-refractivity contribution in [1.82, 2.24) is 19.6 Å². The van der Waals surface area contributed by atoms with Crippen LogP contribution in [0, 0.1) is 5.92 Å². The van der Waals surface area contributed by atoms with Gasteiger partial charge in [0.2, 0.25) is 0 Å². The third kappa shape index (κ3) is 7.82. The number of piperazine rings is 1. The van der Waals surface area contributed by atoms with Gasteiger partial charge in [0.1, 0.15) is 6.10 Å². The average Bonchev–Trinajstić information content (AvgIpc) is 3.62. The van der Waals surface area contributed by atoms with Crippen molar-refractivity contribution >= 4 is 12.1 Å². The second kappa shape index (κ2) is 12.4. The molecule has 1 unspecified atom stereocenters. The first-order chi connectivity index (χ1) is 16.1. The van der Waals surface area contributed by atoms with E-state index in [0.717, 1.165) is 77.2 Å². The minimum atomic E-state index is -0.129. The lowest BCUT2D eigenvalue weighted by Crippen LogP contribution is -2.49. The Bertz CT molecular complexity index is 628. The largest absolute Gasteiger partial charge is 0.469 e. The van der Waals surface area contributed by atoms with Gasteiger partial charge < -0.3 is 24.2 Å². The standard InChI is InChI=1S/C25H44N4O4/c1-32-24(30)6-4-11-26-15-17-27(18-16-26)19-23-20-29(25(31)33-23)12-3-2-5-21-9-13-28(14-10-21)22-7-8-22/h21-23H,2-20H2,1H3. The van der Waals surface area contributed by atoms with E-state index >= 15 is 0 Å². The number of rotatable bonds is 12. The molecule has 188 valence electrons. The summed E-state index contributed by atoms with van der Waals surface area (Å²) in [5.41, 5.74) is 0. The number of ether oxygens (including phenoxy) is 2.